The Morgan fingerprint density at radius 2 is 1.60 bits per heavy atom. The fourth-order valence-electron chi connectivity index (χ4n) is 1.95. The fourth-order valence-corrected chi connectivity index (χ4v) is 1.95. The van der Waals surface area contributed by atoms with Crippen LogP contribution in [0.1, 0.15) is 16.7 Å². The highest BCUT2D eigenvalue weighted by molar-refractivity contribution is 5.73. The van der Waals surface area contributed by atoms with Crippen molar-refractivity contribution in [1.82, 2.24) is 0 Å². The Kier molecular flexibility index (Phi) is 4.11. The summed E-state index contributed by atoms with van der Waals surface area (Å²) in [5, 5.41) is 28.7. The third-order valence-electron chi connectivity index (χ3n) is 2.94. The molecule has 0 spiro atoms. The SMILES string of the molecule is C=CCc1c(O)cc(O)cc1C=Cc1ccc(O)cc1. The summed E-state index contributed by atoms with van der Waals surface area (Å²) in [4.78, 5) is 0. The van der Waals surface area contributed by atoms with Gasteiger partial charge in [-0.3, -0.25) is 0 Å². The quantitative estimate of drug-likeness (QED) is 0.585. The second-order valence-electron chi connectivity index (χ2n) is 4.45. The van der Waals surface area contributed by atoms with Crippen LogP contribution in [0.15, 0.2) is 49.1 Å². The van der Waals surface area contributed by atoms with Gasteiger partial charge in [-0.15, -0.1) is 6.58 Å². The molecule has 3 N–H and O–H groups in total. The Labute approximate surface area is 117 Å². The van der Waals surface area contributed by atoms with Crippen molar-refractivity contribution in [3.63, 3.8) is 0 Å². The number of allylic oxidation sites excluding steroid dienone is 1. The van der Waals surface area contributed by atoms with Gasteiger partial charge in [0.05, 0.1) is 0 Å². The summed E-state index contributed by atoms with van der Waals surface area (Å²) in [5.41, 5.74) is 2.36. The van der Waals surface area contributed by atoms with Crippen molar-refractivity contribution in [2.75, 3.05) is 0 Å². The van der Waals surface area contributed by atoms with Crippen molar-refractivity contribution < 1.29 is 15.3 Å². The van der Waals surface area contributed by atoms with Crippen LogP contribution in [0.25, 0.3) is 12.2 Å². The smallest absolute Gasteiger partial charge is 0.123 e. The zero-order valence-corrected chi connectivity index (χ0v) is 11.0. The van der Waals surface area contributed by atoms with E-state index in [9.17, 15) is 15.3 Å². The standard InChI is InChI=1S/C17H16O3/c1-2-3-16-13(10-15(19)11-17(16)20)7-4-12-5-8-14(18)9-6-12/h2,4-11,18-20H,1,3H2. The van der Waals surface area contributed by atoms with Gasteiger partial charge in [-0.25, -0.2) is 0 Å². The number of phenols is 3. The number of phenolic OH excluding ortho intramolecular Hbond substituents is 3. The molecule has 0 aliphatic heterocycles. The molecule has 0 aliphatic carbocycles. The second kappa shape index (κ2) is 5.97. The van der Waals surface area contributed by atoms with Gasteiger partial charge in [0.1, 0.15) is 17.2 Å². The Balaban J connectivity index is 2.36. The third kappa shape index (κ3) is 3.20. The molecule has 3 nitrogen and oxygen atoms in total. The maximum Gasteiger partial charge on any atom is 0.123 e. The zero-order chi connectivity index (χ0) is 14.5. The van der Waals surface area contributed by atoms with Crippen LogP contribution in [-0.4, -0.2) is 15.3 Å². The lowest BCUT2D eigenvalue weighted by atomic mass is 10.0. The minimum Gasteiger partial charge on any atom is -0.508 e. The van der Waals surface area contributed by atoms with Crippen LogP contribution in [0, 0.1) is 0 Å². The van der Waals surface area contributed by atoms with E-state index in [1.807, 2.05) is 12.2 Å². The first kappa shape index (κ1) is 13.7. The highest BCUT2D eigenvalue weighted by Gasteiger charge is 2.06. The summed E-state index contributed by atoms with van der Waals surface area (Å²) in [6.45, 7) is 3.66. The molecule has 0 saturated heterocycles. The minimum absolute atomic E-state index is 0.0145. The Hall–Kier alpha value is -2.68. The molecule has 2 rings (SSSR count). The molecule has 2 aromatic carbocycles. The van der Waals surface area contributed by atoms with Crippen molar-refractivity contribution in [2.24, 2.45) is 0 Å². The lowest BCUT2D eigenvalue weighted by Crippen LogP contribution is -1.88. The molecule has 102 valence electrons. The number of hydrogen-bond acceptors (Lipinski definition) is 3. The van der Waals surface area contributed by atoms with E-state index in [4.69, 9.17) is 0 Å². The number of hydrogen-bond donors (Lipinski definition) is 3. The molecule has 2 aromatic rings. The summed E-state index contributed by atoms with van der Waals surface area (Å²) < 4.78 is 0. The van der Waals surface area contributed by atoms with E-state index >= 15 is 0 Å². The summed E-state index contributed by atoms with van der Waals surface area (Å²) in [6.07, 6.45) is 5.87. The van der Waals surface area contributed by atoms with Crippen LogP contribution < -0.4 is 0 Å². The van der Waals surface area contributed by atoms with E-state index in [-0.39, 0.29) is 17.2 Å². The Morgan fingerprint density at radius 1 is 0.900 bits per heavy atom. The van der Waals surface area contributed by atoms with E-state index in [0.29, 0.717) is 12.0 Å². The predicted octanol–water partition coefficient (Wildman–Crippen LogP) is 3.70. The molecule has 0 fully saturated rings. The summed E-state index contributed by atoms with van der Waals surface area (Å²) >= 11 is 0. The zero-order valence-electron chi connectivity index (χ0n) is 11.0. The summed E-state index contributed by atoms with van der Waals surface area (Å²) in [6, 6.07) is 9.67. The molecular weight excluding hydrogens is 252 g/mol. The van der Waals surface area contributed by atoms with E-state index in [1.165, 1.54) is 6.07 Å². The van der Waals surface area contributed by atoms with E-state index in [1.54, 1.807) is 36.4 Å². The Morgan fingerprint density at radius 3 is 2.25 bits per heavy atom. The molecule has 0 radical (unpaired) electrons. The van der Waals surface area contributed by atoms with Gasteiger partial charge < -0.3 is 15.3 Å². The summed E-state index contributed by atoms with van der Waals surface area (Å²) in [7, 11) is 0. The van der Waals surface area contributed by atoms with E-state index < -0.39 is 0 Å². The number of aromatic hydroxyl groups is 3. The van der Waals surface area contributed by atoms with Gasteiger partial charge in [-0.05, 0) is 35.7 Å². The van der Waals surface area contributed by atoms with Gasteiger partial charge in [0.25, 0.3) is 0 Å². The van der Waals surface area contributed by atoms with Gasteiger partial charge in [-0.2, -0.15) is 0 Å². The largest absolute Gasteiger partial charge is 0.508 e. The molecular formula is C17H16O3. The minimum atomic E-state index is 0.0145. The van der Waals surface area contributed by atoms with Crippen LogP contribution >= 0.6 is 0 Å². The molecule has 0 bridgehead atoms. The first-order valence-corrected chi connectivity index (χ1v) is 6.23. The van der Waals surface area contributed by atoms with Crippen LogP contribution in [0.3, 0.4) is 0 Å². The van der Waals surface area contributed by atoms with Crippen LogP contribution in [0.4, 0.5) is 0 Å². The first-order chi connectivity index (χ1) is 9.60. The molecule has 0 amide bonds. The maximum absolute atomic E-state index is 9.86. The van der Waals surface area contributed by atoms with Gasteiger partial charge in [0.15, 0.2) is 0 Å². The van der Waals surface area contributed by atoms with Gasteiger partial charge >= 0.3 is 0 Å². The van der Waals surface area contributed by atoms with Gasteiger partial charge in [-0.1, -0.05) is 30.4 Å². The van der Waals surface area contributed by atoms with E-state index in [2.05, 4.69) is 6.58 Å². The van der Waals surface area contributed by atoms with Crippen molar-refractivity contribution in [1.29, 1.82) is 0 Å². The van der Waals surface area contributed by atoms with Crippen LogP contribution in [0.5, 0.6) is 17.2 Å². The van der Waals surface area contributed by atoms with Crippen molar-refractivity contribution in [2.45, 2.75) is 6.42 Å². The lowest BCUT2D eigenvalue weighted by molar-refractivity contribution is 0.446. The highest BCUT2D eigenvalue weighted by atomic mass is 16.3. The second-order valence-corrected chi connectivity index (χ2v) is 4.45. The molecule has 20 heavy (non-hydrogen) atoms. The monoisotopic (exact) mass is 268 g/mol. The van der Waals surface area contributed by atoms with Gasteiger partial charge in [0.2, 0.25) is 0 Å². The molecule has 3 heteroatoms. The normalized spacial score (nSPS) is 10.8. The van der Waals surface area contributed by atoms with Gasteiger partial charge in [0, 0.05) is 11.6 Å². The molecule has 0 heterocycles. The molecule has 0 aliphatic rings. The molecule has 0 aromatic heterocycles. The van der Waals surface area contributed by atoms with Crippen molar-refractivity contribution >= 4 is 12.2 Å². The molecule has 0 saturated carbocycles. The highest BCUT2D eigenvalue weighted by Crippen LogP contribution is 2.29. The topological polar surface area (TPSA) is 60.7 Å². The Bertz CT molecular complexity index is 640. The van der Waals surface area contributed by atoms with Crippen molar-refractivity contribution in [3.05, 3.63) is 65.7 Å². The molecule has 0 unspecified atom stereocenters. The summed E-state index contributed by atoms with van der Waals surface area (Å²) in [5.74, 6) is 0.278. The van der Waals surface area contributed by atoms with Crippen molar-refractivity contribution in [3.8, 4) is 17.2 Å². The van der Waals surface area contributed by atoms with E-state index in [0.717, 1.165) is 11.1 Å². The number of rotatable bonds is 4. The average Bonchev–Trinajstić information content (AvgIpc) is 2.41. The molecule has 0 atom stereocenters. The fraction of sp³-hybridized carbons (Fsp3) is 0.0588. The lowest BCUT2D eigenvalue weighted by Gasteiger charge is -2.07. The maximum atomic E-state index is 9.86. The predicted molar refractivity (Wildman–Crippen MR) is 80.7 cm³/mol. The van der Waals surface area contributed by atoms with Crippen LogP contribution in [-0.2, 0) is 6.42 Å². The number of benzene rings is 2. The first-order valence-electron chi connectivity index (χ1n) is 6.23. The van der Waals surface area contributed by atoms with Crippen LogP contribution in [0.2, 0.25) is 0 Å². The third-order valence-corrected chi connectivity index (χ3v) is 2.94. The average molecular weight is 268 g/mol.